The molecule has 0 spiro atoms. The normalized spacial score (nSPS) is 19.8. The number of benzene rings is 1. The molecule has 1 amide bonds. The van der Waals surface area contributed by atoms with Gasteiger partial charge in [0.05, 0.1) is 24.8 Å². The molecule has 154 valence electrons. The van der Waals surface area contributed by atoms with Crippen LogP contribution in [0.2, 0.25) is 0 Å². The Hall–Kier alpha value is -2.39. The summed E-state index contributed by atoms with van der Waals surface area (Å²) in [6.45, 7) is 4.19. The van der Waals surface area contributed by atoms with Crippen LogP contribution in [0.4, 0.5) is 10.2 Å². The smallest absolute Gasteiger partial charge is 0.233 e. The summed E-state index contributed by atoms with van der Waals surface area (Å²) in [5.74, 6) is 0.573. The van der Waals surface area contributed by atoms with Crippen molar-refractivity contribution in [2.24, 2.45) is 0 Å². The molecule has 1 aromatic carbocycles. The highest BCUT2D eigenvalue weighted by molar-refractivity contribution is 7.89. The van der Waals surface area contributed by atoms with Crippen molar-refractivity contribution in [3.8, 4) is 0 Å². The van der Waals surface area contributed by atoms with E-state index in [1.54, 1.807) is 24.0 Å². The van der Waals surface area contributed by atoms with Gasteiger partial charge in [-0.05, 0) is 44.4 Å². The first kappa shape index (κ1) is 19.9. The second-order valence-electron chi connectivity index (χ2n) is 7.42. The number of halogens is 1. The van der Waals surface area contributed by atoms with Crippen LogP contribution in [0.1, 0.15) is 48.5 Å². The standard InChI is InChI=1S/C20H23FN4O3S/c1-3-29(27,28)25-10-4-5-17(25)19-22-13(2)16-11-18(26)24(20(16)23-19)12-14-6-8-15(21)9-7-14/h6-9,17H,3-5,10-12H2,1-2H3/t17-/m1/s1. The van der Waals surface area contributed by atoms with E-state index in [0.29, 0.717) is 30.3 Å². The Bertz CT molecular complexity index is 1060. The summed E-state index contributed by atoms with van der Waals surface area (Å²) >= 11 is 0. The maximum Gasteiger partial charge on any atom is 0.233 e. The van der Waals surface area contributed by atoms with E-state index < -0.39 is 16.1 Å². The van der Waals surface area contributed by atoms with Gasteiger partial charge in [-0.3, -0.25) is 9.69 Å². The number of hydrogen-bond donors (Lipinski definition) is 0. The van der Waals surface area contributed by atoms with Gasteiger partial charge in [-0.15, -0.1) is 0 Å². The first-order valence-corrected chi connectivity index (χ1v) is 11.3. The van der Waals surface area contributed by atoms with E-state index in [1.165, 1.54) is 16.4 Å². The minimum atomic E-state index is -3.36. The molecule has 0 radical (unpaired) electrons. The van der Waals surface area contributed by atoms with Crippen LogP contribution in [-0.2, 0) is 27.8 Å². The predicted octanol–water partition coefficient (Wildman–Crippen LogP) is 2.50. The summed E-state index contributed by atoms with van der Waals surface area (Å²) in [6, 6.07) is 5.59. The highest BCUT2D eigenvalue weighted by Gasteiger charge is 2.38. The number of nitrogens with zero attached hydrogens (tertiary/aromatic N) is 4. The molecular weight excluding hydrogens is 395 g/mol. The molecule has 2 aromatic rings. The summed E-state index contributed by atoms with van der Waals surface area (Å²) < 4.78 is 39.6. The molecule has 1 fully saturated rings. The second kappa shape index (κ2) is 7.46. The molecule has 0 unspecified atom stereocenters. The molecular formula is C20H23FN4O3S. The Kier molecular flexibility index (Phi) is 5.12. The third kappa shape index (κ3) is 3.64. The first-order chi connectivity index (χ1) is 13.8. The average molecular weight is 418 g/mol. The van der Waals surface area contributed by atoms with Crippen molar-refractivity contribution in [1.82, 2.24) is 14.3 Å². The zero-order valence-corrected chi connectivity index (χ0v) is 17.2. The van der Waals surface area contributed by atoms with Crippen LogP contribution in [0, 0.1) is 12.7 Å². The van der Waals surface area contributed by atoms with Gasteiger partial charge in [-0.25, -0.2) is 22.8 Å². The van der Waals surface area contributed by atoms with Gasteiger partial charge >= 0.3 is 0 Å². The molecule has 9 heteroatoms. The fourth-order valence-corrected chi connectivity index (χ4v) is 5.30. The molecule has 1 aromatic heterocycles. The second-order valence-corrected chi connectivity index (χ2v) is 9.63. The largest absolute Gasteiger partial charge is 0.292 e. The maximum absolute atomic E-state index is 13.2. The molecule has 1 saturated heterocycles. The van der Waals surface area contributed by atoms with Gasteiger partial charge in [-0.1, -0.05) is 12.1 Å². The number of anilines is 1. The molecule has 0 aliphatic carbocycles. The molecule has 0 bridgehead atoms. The highest BCUT2D eigenvalue weighted by Crippen LogP contribution is 2.36. The Morgan fingerprint density at radius 1 is 1.21 bits per heavy atom. The van der Waals surface area contributed by atoms with Crippen LogP contribution in [0.15, 0.2) is 24.3 Å². The fourth-order valence-electron chi connectivity index (χ4n) is 3.98. The quantitative estimate of drug-likeness (QED) is 0.745. The van der Waals surface area contributed by atoms with Crippen molar-refractivity contribution >= 4 is 21.7 Å². The van der Waals surface area contributed by atoms with Crippen molar-refractivity contribution in [3.05, 3.63) is 52.7 Å². The van der Waals surface area contributed by atoms with Crippen LogP contribution in [-0.4, -0.2) is 40.9 Å². The molecule has 4 rings (SSSR count). The molecule has 7 nitrogen and oxygen atoms in total. The van der Waals surface area contributed by atoms with Crippen molar-refractivity contribution in [2.75, 3.05) is 17.2 Å². The summed E-state index contributed by atoms with van der Waals surface area (Å²) in [5.41, 5.74) is 2.26. The number of aromatic nitrogens is 2. The highest BCUT2D eigenvalue weighted by atomic mass is 32.2. The number of sulfonamides is 1. The number of aryl methyl sites for hydroxylation is 1. The molecule has 3 heterocycles. The van der Waals surface area contributed by atoms with E-state index in [0.717, 1.165) is 17.5 Å². The van der Waals surface area contributed by atoms with E-state index in [2.05, 4.69) is 9.97 Å². The van der Waals surface area contributed by atoms with Gasteiger partial charge in [0.2, 0.25) is 15.9 Å². The lowest BCUT2D eigenvalue weighted by Gasteiger charge is -2.24. The van der Waals surface area contributed by atoms with E-state index >= 15 is 0 Å². The van der Waals surface area contributed by atoms with Gasteiger partial charge in [-0.2, -0.15) is 4.31 Å². The lowest BCUT2D eigenvalue weighted by molar-refractivity contribution is -0.117. The number of carbonyl (C=O) groups excluding carboxylic acids is 1. The Labute approximate surface area is 169 Å². The topological polar surface area (TPSA) is 83.5 Å². The fraction of sp³-hybridized carbons (Fsp3) is 0.450. The minimum Gasteiger partial charge on any atom is -0.292 e. The van der Waals surface area contributed by atoms with Crippen LogP contribution < -0.4 is 4.90 Å². The van der Waals surface area contributed by atoms with Crippen molar-refractivity contribution < 1.29 is 17.6 Å². The number of carbonyl (C=O) groups is 1. The Balaban J connectivity index is 1.70. The minimum absolute atomic E-state index is 0.0304. The zero-order chi connectivity index (χ0) is 20.8. The Morgan fingerprint density at radius 2 is 1.93 bits per heavy atom. The van der Waals surface area contributed by atoms with E-state index in [9.17, 15) is 17.6 Å². The van der Waals surface area contributed by atoms with Crippen LogP contribution in [0.5, 0.6) is 0 Å². The van der Waals surface area contributed by atoms with Crippen LogP contribution in [0.25, 0.3) is 0 Å². The SMILES string of the molecule is CCS(=O)(=O)N1CCC[C@@H]1c1nc(C)c2c(n1)N(Cc1ccc(F)cc1)C(=O)C2. The number of fused-ring (bicyclic) bond motifs is 1. The number of rotatable bonds is 5. The van der Waals surface area contributed by atoms with Gasteiger partial charge < -0.3 is 0 Å². The van der Waals surface area contributed by atoms with Crippen molar-refractivity contribution in [1.29, 1.82) is 0 Å². The molecule has 1 atom stereocenters. The number of amides is 1. The van der Waals surface area contributed by atoms with Crippen molar-refractivity contribution in [2.45, 2.75) is 45.7 Å². The monoisotopic (exact) mass is 418 g/mol. The summed E-state index contributed by atoms with van der Waals surface area (Å²) in [4.78, 5) is 23.4. The van der Waals surface area contributed by atoms with Gasteiger partial charge in [0.1, 0.15) is 17.5 Å². The third-order valence-electron chi connectivity index (χ3n) is 5.57. The lowest BCUT2D eigenvalue weighted by Crippen LogP contribution is -2.33. The lowest BCUT2D eigenvalue weighted by atomic mass is 10.1. The van der Waals surface area contributed by atoms with Crippen molar-refractivity contribution in [3.63, 3.8) is 0 Å². The summed E-state index contributed by atoms with van der Waals surface area (Å²) in [7, 11) is -3.36. The average Bonchev–Trinajstić information content (AvgIpc) is 3.30. The van der Waals surface area contributed by atoms with Crippen LogP contribution in [0.3, 0.4) is 0 Å². The van der Waals surface area contributed by atoms with Crippen LogP contribution >= 0.6 is 0 Å². The zero-order valence-electron chi connectivity index (χ0n) is 16.4. The van der Waals surface area contributed by atoms with E-state index in [-0.39, 0.29) is 30.4 Å². The molecule has 2 aliphatic rings. The molecule has 2 aliphatic heterocycles. The maximum atomic E-state index is 13.2. The van der Waals surface area contributed by atoms with Gasteiger partial charge in [0, 0.05) is 17.8 Å². The van der Waals surface area contributed by atoms with E-state index in [1.807, 2.05) is 6.92 Å². The number of hydrogen-bond acceptors (Lipinski definition) is 5. The van der Waals surface area contributed by atoms with E-state index in [4.69, 9.17) is 0 Å². The first-order valence-electron chi connectivity index (χ1n) is 9.72. The van der Waals surface area contributed by atoms with Gasteiger partial charge in [0.15, 0.2) is 0 Å². The molecule has 0 saturated carbocycles. The van der Waals surface area contributed by atoms with Gasteiger partial charge in [0.25, 0.3) is 0 Å². The third-order valence-corrected chi connectivity index (χ3v) is 7.45. The molecule has 29 heavy (non-hydrogen) atoms. The predicted molar refractivity (Wildman–Crippen MR) is 106 cm³/mol. The summed E-state index contributed by atoms with van der Waals surface area (Å²) in [5, 5.41) is 0. The Morgan fingerprint density at radius 3 is 2.62 bits per heavy atom. The molecule has 0 N–H and O–H groups in total. The summed E-state index contributed by atoms with van der Waals surface area (Å²) in [6.07, 6.45) is 1.62.